The maximum atomic E-state index is 12.3. The molecule has 0 aromatic heterocycles. The molecule has 1 saturated heterocycles. The highest BCUT2D eigenvalue weighted by Crippen LogP contribution is 2.24. The number of nitrogens with two attached hydrogens (primary N) is 1. The predicted molar refractivity (Wildman–Crippen MR) is 85.6 cm³/mol. The van der Waals surface area contributed by atoms with Gasteiger partial charge in [0.2, 0.25) is 5.91 Å². The van der Waals surface area contributed by atoms with Crippen LogP contribution >= 0.6 is 11.6 Å². The fraction of sp³-hybridized carbons (Fsp3) is 0.533. The number of amides is 1. The highest BCUT2D eigenvalue weighted by Gasteiger charge is 2.26. The first-order chi connectivity index (χ1) is 10.0. The van der Waals surface area contributed by atoms with Crippen LogP contribution < -0.4 is 11.1 Å². The molecule has 0 bridgehead atoms. The van der Waals surface area contributed by atoms with Crippen molar-refractivity contribution in [1.82, 2.24) is 4.90 Å². The Morgan fingerprint density at radius 1 is 1.48 bits per heavy atom. The van der Waals surface area contributed by atoms with Gasteiger partial charge in [0.05, 0.1) is 22.9 Å². The maximum absolute atomic E-state index is 12.3. The lowest BCUT2D eigenvalue weighted by Gasteiger charge is -2.34. The third-order valence-electron chi connectivity index (χ3n) is 3.99. The number of rotatable bonds is 4. The van der Waals surface area contributed by atoms with Gasteiger partial charge in [0, 0.05) is 25.9 Å². The lowest BCUT2D eigenvalue weighted by atomic mass is 10.1. The average molecular weight is 312 g/mol. The first-order valence-corrected chi connectivity index (χ1v) is 7.51. The molecule has 0 spiro atoms. The lowest BCUT2D eigenvalue weighted by molar-refractivity contribution is -0.121. The molecule has 1 amide bonds. The van der Waals surface area contributed by atoms with Crippen molar-refractivity contribution in [2.45, 2.75) is 31.9 Å². The van der Waals surface area contributed by atoms with Crippen molar-refractivity contribution < 1.29 is 9.53 Å². The molecule has 6 heteroatoms. The smallest absolute Gasteiger partial charge is 0.241 e. The molecular weight excluding hydrogens is 290 g/mol. The molecule has 1 fully saturated rings. The Morgan fingerprint density at radius 3 is 2.71 bits per heavy atom. The summed E-state index contributed by atoms with van der Waals surface area (Å²) in [4.78, 5) is 14.5. The molecule has 1 aliphatic rings. The van der Waals surface area contributed by atoms with E-state index in [2.05, 4.69) is 10.2 Å². The van der Waals surface area contributed by atoms with Gasteiger partial charge in [-0.1, -0.05) is 11.6 Å². The number of carbonyl (C=O) groups excluding carboxylic acids is 1. The molecule has 1 unspecified atom stereocenters. The predicted octanol–water partition coefficient (Wildman–Crippen LogP) is 2.36. The van der Waals surface area contributed by atoms with E-state index in [1.165, 1.54) is 0 Å². The van der Waals surface area contributed by atoms with E-state index in [1.807, 2.05) is 6.92 Å². The van der Waals surface area contributed by atoms with Gasteiger partial charge in [-0.05, 0) is 38.0 Å². The normalized spacial score (nSPS) is 18.4. The van der Waals surface area contributed by atoms with Crippen molar-refractivity contribution in [3.63, 3.8) is 0 Å². The summed E-state index contributed by atoms with van der Waals surface area (Å²) in [7, 11) is 1.74. The number of piperidine rings is 1. The van der Waals surface area contributed by atoms with Crippen molar-refractivity contribution in [2.75, 3.05) is 31.2 Å². The van der Waals surface area contributed by atoms with Gasteiger partial charge in [-0.15, -0.1) is 0 Å². The Balaban J connectivity index is 1.93. The summed E-state index contributed by atoms with van der Waals surface area (Å²) in [5.74, 6) is -0.0578. The average Bonchev–Trinajstić information content (AvgIpc) is 2.49. The van der Waals surface area contributed by atoms with Crippen LogP contribution in [0.5, 0.6) is 0 Å². The summed E-state index contributed by atoms with van der Waals surface area (Å²) in [5, 5.41) is 3.31. The fourth-order valence-corrected chi connectivity index (χ4v) is 2.77. The number of halogens is 1. The van der Waals surface area contributed by atoms with Crippen LogP contribution in [0.3, 0.4) is 0 Å². The van der Waals surface area contributed by atoms with Gasteiger partial charge in [0.15, 0.2) is 0 Å². The third-order valence-corrected chi connectivity index (χ3v) is 4.30. The number of carbonyl (C=O) groups is 1. The van der Waals surface area contributed by atoms with Gasteiger partial charge >= 0.3 is 0 Å². The number of methoxy groups -OCH3 is 1. The van der Waals surface area contributed by atoms with Gasteiger partial charge < -0.3 is 15.8 Å². The second-order valence-electron chi connectivity index (χ2n) is 5.38. The monoisotopic (exact) mass is 311 g/mol. The Bertz CT molecular complexity index is 502. The first kappa shape index (κ1) is 16.1. The lowest BCUT2D eigenvalue weighted by Crippen LogP contribution is -2.47. The van der Waals surface area contributed by atoms with E-state index in [9.17, 15) is 4.79 Å². The summed E-state index contributed by atoms with van der Waals surface area (Å²) < 4.78 is 5.35. The van der Waals surface area contributed by atoms with Crippen LogP contribution in [0, 0.1) is 0 Å². The molecule has 3 N–H and O–H groups in total. The number of ether oxygens (including phenoxy) is 1. The minimum atomic E-state index is -0.198. The summed E-state index contributed by atoms with van der Waals surface area (Å²) >= 11 is 6.08. The highest BCUT2D eigenvalue weighted by molar-refractivity contribution is 6.34. The third kappa shape index (κ3) is 4.09. The summed E-state index contributed by atoms with van der Waals surface area (Å²) in [6.07, 6.45) is 2.22. The second kappa shape index (κ2) is 7.11. The SMILES string of the molecule is COC1CCN(C(C)C(=O)Nc2ccc(N)cc2Cl)CC1. The van der Waals surface area contributed by atoms with Gasteiger partial charge in [-0.3, -0.25) is 9.69 Å². The Kier molecular flexibility index (Phi) is 5.45. The van der Waals surface area contributed by atoms with Crippen LogP contribution in [-0.2, 0) is 9.53 Å². The molecule has 1 atom stereocenters. The number of nitrogen functional groups attached to an aromatic ring is 1. The number of nitrogens with one attached hydrogen (secondary N) is 1. The molecule has 5 nitrogen and oxygen atoms in total. The van der Waals surface area contributed by atoms with E-state index in [0.29, 0.717) is 22.5 Å². The van der Waals surface area contributed by atoms with Gasteiger partial charge in [0.1, 0.15) is 0 Å². The van der Waals surface area contributed by atoms with E-state index < -0.39 is 0 Å². The number of benzene rings is 1. The van der Waals surface area contributed by atoms with E-state index in [0.717, 1.165) is 25.9 Å². The number of likely N-dealkylation sites (tertiary alicyclic amines) is 1. The van der Waals surface area contributed by atoms with Gasteiger partial charge in [-0.2, -0.15) is 0 Å². The standard InChI is InChI=1S/C15H22ClN3O2/c1-10(19-7-5-12(21-2)6-8-19)15(20)18-14-4-3-11(17)9-13(14)16/h3-4,9-10,12H,5-8,17H2,1-2H3,(H,18,20). The number of hydrogen-bond acceptors (Lipinski definition) is 4. The van der Waals surface area contributed by atoms with Crippen molar-refractivity contribution in [2.24, 2.45) is 0 Å². The Morgan fingerprint density at radius 2 is 2.14 bits per heavy atom. The molecule has 1 aliphatic heterocycles. The molecule has 0 saturated carbocycles. The topological polar surface area (TPSA) is 67.6 Å². The Labute approximate surface area is 130 Å². The van der Waals surface area contributed by atoms with Crippen molar-refractivity contribution in [3.05, 3.63) is 23.2 Å². The zero-order chi connectivity index (χ0) is 15.4. The molecular formula is C15H22ClN3O2. The van der Waals surface area contributed by atoms with Crippen LogP contribution in [0.1, 0.15) is 19.8 Å². The summed E-state index contributed by atoms with van der Waals surface area (Å²) in [5.41, 5.74) is 6.81. The molecule has 0 radical (unpaired) electrons. The fourth-order valence-electron chi connectivity index (χ4n) is 2.53. The Hall–Kier alpha value is -1.30. The van der Waals surface area contributed by atoms with E-state index in [1.54, 1.807) is 25.3 Å². The highest BCUT2D eigenvalue weighted by atomic mass is 35.5. The largest absolute Gasteiger partial charge is 0.399 e. The number of anilines is 2. The van der Waals surface area contributed by atoms with Crippen molar-refractivity contribution >= 4 is 28.9 Å². The van der Waals surface area contributed by atoms with Gasteiger partial charge in [0.25, 0.3) is 0 Å². The van der Waals surface area contributed by atoms with Crippen LogP contribution in [-0.4, -0.2) is 43.2 Å². The first-order valence-electron chi connectivity index (χ1n) is 7.14. The van der Waals surface area contributed by atoms with Crippen LogP contribution in [0.2, 0.25) is 5.02 Å². The summed E-state index contributed by atoms with van der Waals surface area (Å²) in [6, 6.07) is 4.87. The quantitative estimate of drug-likeness (QED) is 0.838. The molecule has 1 aromatic rings. The van der Waals surface area contributed by atoms with Crippen LogP contribution in [0.25, 0.3) is 0 Å². The molecule has 21 heavy (non-hydrogen) atoms. The number of hydrogen-bond donors (Lipinski definition) is 2. The molecule has 0 aliphatic carbocycles. The molecule has 1 aromatic carbocycles. The maximum Gasteiger partial charge on any atom is 0.241 e. The zero-order valence-corrected chi connectivity index (χ0v) is 13.2. The van der Waals surface area contributed by atoms with E-state index in [4.69, 9.17) is 22.1 Å². The zero-order valence-electron chi connectivity index (χ0n) is 12.4. The molecule has 1 heterocycles. The van der Waals surface area contributed by atoms with E-state index >= 15 is 0 Å². The van der Waals surface area contributed by atoms with Crippen LogP contribution in [0.4, 0.5) is 11.4 Å². The minimum absolute atomic E-state index is 0.0578. The molecule has 2 rings (SSSR count). The molecule has 116 valence electrons. The second-order valence-corrected chi connectivity index (χ2v) is 5.78. The number of nitrogens with zero attached hydrogens (tertiary/aromatic N) is 1. The minimum Gasteiger partial charge on any atom is -0.399 e. The summed E-state index contributed by atoms with van der Waals surface area (Å²) in [6.45, 7) is 3.64. The van der Waals surface area contributed by atoms with Crippen molar-refractivity contribution in [3.8, 4) is 0 Å². The van der Waals surface area contributed by atoms with Crippen LogP contribution in [0.15, 0.2) is 18.2 Å². The van der Waals surface area contributed by atoms with Crippen molar-refractivity contribution in [1.29, 1.82) is 0 Å². The van der Waals surface area contributed by atoms with Gasteiger partial charge in [-0.25, -0.2) is 0 Å². The van der Waals surface area contributed by atoms with E-state index in [-0.39, 0.29) is 11.9 Å².